The minimum Gasteiger partial charge on any atom is -0.456 e. The lowest BCUT2D eigenvalue weighted by Crippen LogP contribution is -2.10. The Balaban J connectivity index is 1.41. The lowest BCUT2D eigenvalue weighted by atomic mass is 10.0. The van der Waals surface area contributed by atoms with Crippen LogP contribution in [0.4, 0.5) is 17.1 Å². The molecule has 0 radical (unpaired) electrons. The predicted molar refractivity (Wildman–Crippen MR) is 159 cm³/mol. The summed E-state index contributed by atoms with van der Waals surface area (Å²) in [6, 6.07) is 45.3. The lowest BCUT2D eigenvalue weighted by molar-refractivity contribution is 0.669. The van der Waals surface area contributed by atoms with E-state index in [-0.39, 0.29) is 0 Å². The SMILES string of the molecule is c1ccc(N(c2ccc3c(ccc4sc5ccccc5c43)c2)c2cccc3oc4ccccc4c23)cc1. The van der Waals surface area contributed by atoms with Gasteiger partial charge in [-0.2, -0.15) is 0 Å². The molecule has 0 atom stereocenters. The van der Waals surface area contributed by atoms with E-state index < -0.39 is 0 Å². The third kappa shape index (κ3) is 3.11. The molecule has 0 N–H and O–H groups in total. The molecule has 0 saturated heterocycles. The van der Waals surface area contributed by atoms with Crippen LogP contribution in [0.3, 0.4) is 0 Å². The highest BCUT2D eigenvalue weighted by atomic mass is 32.1. The smallest absolute Gasteiger partial charge is 0.137 e. The number of benzene rings is 6. The molecule has 0 unspecified atom stereocenters. The van der Waals surface area contributed by atoms with Crippen LogP contribution in [0.5, 0.6) is 0 Å². The number of rotatable bonds is 3. The van der Waals surface area contributed by atoms with Crippen LogP contribution in [0.1, 0.15) is 0 Å². The normalized spacial score (nSPS) is 11.8. The third-order valence-corrected chi connectivity index (χ3v) is 8.37. The van der Waals surface area contributed by atoms with Gasteiger partial charge in [-0.05, 0) is 65.4 Å². The van der Waals surface area contributed by atoms with Crippen LogP contribution in [-0.4, -0.2) is 0 Å². The van der Waals surface area contributed by atoms with Crippen LogP contribution in [0.25, 0.3) is 52.9 Å². The van der Waals surface area contributed by atoms with E-state index in [9.17, 15) is 0 Å². The van der Waals surface area contributed by atoms with E-state index in [1.807, 2.05) is 23.5 Å². The maximum absolute atomic E-state index is 6.24. The van der Waals surface area contributed by atoms with E-state index in [1.165, 1.54) is 30.9 Å². The molecule has 8 rings (SSSR count). The fraction of sp³-hybridized carbons (Fsp3) is 0. The van der Waals surface area contributed by atoms with Gasteiger partial charge in [-0.25, -0.2) is 0 Å². The van der Waals surface area contributed by atoms with E-state index in [0.29, 0.717) is 0 Å². The van der Waals surface area contributed by atoms with Crippen molar-refractivity contribution in [2.45, 2.75) is 0 Å². The summed E-state index contributed by atoms with van der Waals surface area (Å²) in [6.07, 6.45) is 0. The van der Waals surface area contributed by atoms with Crippen molar-refractivity contribution in [3.8, 4) is 0 Å². The van der Waals surface area contributed by atoms with Gasteiger partial charge in [0.25, 0.3) is 0 Å². The van der Waals surface area contributed by atoms with E-state index in [0.717, 1.165) is 39.0 Å². The molecule has 0 spiro atoms. The number of hydrogen-bond donors (Lipinski definition) is 0. The lowest BCUT2D eigenvalue weighted by Gasteiger charge is -2.26. The average Bonchev–Trinajstić information content (AvgIpc) is 3.53. The van der Waals surface area contributed by atoms with Gasteiger partial charge in [0.15, 0.2) is 0 Å². The molecule has 2 nitrogen and oxygen atoms in total. The fourth-order valence-corrected chi connectivity index (χ4v) is 6.75. The van der Waals surface area contributed by atoms with E-state index in [4.69, 9.17) is 4.42 Å². The van der Waals surface area contributed by atoms with Crippen molar-refractivity contribution in [2.75, 3.05) is 4.90 Å². The molecule has 6 aromatic carbocycles. The van der Waals surface area contributed by atoms with Gasteiger partial charge in [-0.1, -0.05) is 72.8 Å². The molecule has 0 aliphatic carbocycles. The molecular formula is C34H21NOS. The third-order valence-electron chi connectivity index (χ3n) is 7.24. The summed E-state index contributed by atoms with van der Waals surface area (Å²) in [6.45, 7) is 0. The largest absolute Gasteiger partial charge is 0.456 e. The van der Waals surface area contributed by atoms with Crippen molar-refractivity contribution in [3.05, 3.63) is 127 Å². The molecule has 3 heteroatoms. The maximum Gasteiger partial charge on any atom is 0.137 e. The molecule has 0 aliphatic rings. The summed E-state index contributed by atoms with van der Waals surface area (Å²) < 4.78 is 8.90. The van der Waals surface area contributed by atoms with Crippen LogP contribution in [0.2, 0.25) is 0 Å². The van der Waals surface area contributed by atoms with Crippen molar-refractivity contribution >= 4 is 81.3 Å². The summed E-state index contributed by atoms with van der Waals surface area (Å²) in [4.78, 5) is 2.35. The molecule has 0 aliphatic heterocycles. The first-order valence-electron chi connectivity index (χ1n) is 12.4. The zero-order chi connectivity index (χ0) is 24.3. The highest BCUT2D eigenvalue weighted by molar-refractivity contribution is 7.26. The van der Waals surface area contributed by atoms with Gasteiger partial charge >= 0.3 is 0 Å². The predicted octanol–water partition coefficient (Wildman–Crippen LogP) is 10.6. The molecule has 8 aromatic rings. The van der Waals surface area contributed by atoms with Crippen molar-refractivity contribution in [3.63, 3.8) is 0 Å². The minimum atomic E-state index is 0.895. The molecule has 37 heavy (non-hydrogen) atoms. The summed E-state index contributed by atoms with van der Waals surface area (Å²) in [5.74, 6) is 0. The van der Waals surface area contributed by atoms with Gasteiger partial charge in [0, 0.05) is 36.9 Å². The van der Waals surface area contributed by atoms with Crippen LogP contribution in [0, 0.1) is 0 Å². The summed E-state index contributed by atoms with van der Waals surface area (Å²) in [5.41, 5.74) is 5.14. The van der Waals surface area contributed by atoms with Crippen molar-refractivity contribution < 1.29 is 4.42 Å². The number of para-hydroxylation sites is 2. The number of anilines is 3. The molecule has 174 valence electrons. The first kappa shape index (κ1) is 20.6. The Morgan fingerprint density at radius 1 is 0.486 bits per heavy atom. The van der Waals surface area contributed by atoms with Crippen LogP contribution >= 0.6 is 11.3 Å². The Hall–Kier alpha value is -4.60. The molecular weight excluding hydrogens is 470 g/mol. The summed E-state index contributed by atoms with van der Waals surface area (Å²) >= 11 is 1.86. The first-order valence-corrected chi connectivity index (χ1v) is 13.3. The zero-order valence-corrected chi connectivity index (χ0v) is 20.7. The zero-order valence-electron chi connectivity index (χ0n) is 19.9. The number of furan rings is 1. The fourth-order valence-electron chi connectivity index (χ4n) is 5.63. The second-order valence-electron chi connectivity index (χ2n) is 9.36. The molecule has 0 bridgehead atoms. The van der Waals surface area contributed by atoms with Crippen molar-refractivity contribution in [1.82, 2.24) is 0 Å². The molecule has 2 aromatic heterocycles. The van der Waals surface area contributed by atoms with Crippen molar-refractivity contribution in [1.29, 1.82) is 0 Å². The van der Waals surface area contributed by atoms with Crippen LogP contribution in [0.15, 0.2) is 132 Å². The Bertz CT molecular complexity index is 2100. The second-order valence-corrected chi connectivity index (χ2v) is 10.4. The van der Waals surface area contributed by atoms with Crippen LogP contribution < -0.4 is 4.90 Å². The van der Waals surface area contributed by atoms with Gasteiger partial charge in [-0.3, -0.25) is 0 Å². The number of thiophene rings is 1. The first-order chi connectivity index (χ1) is 18.3. The second kappa shape index (κ2) is 7.95. The number of nitrogens with zero attached hydrogens (tertiary/aromatic N) is 1. The monoisotopic (exact) mass is 491 g/mol. The van der Waals surface area contributed by atoms with Gasteiger partial charge < -0.3 is 9.32 Å². The highest BCUT2D eigenvalue weighted by Gasteiger charge is 2.19. The van der Waals surface area contributed by atoms with Gasteiger partial charge in [0.05, 0.1) is 11.1 Å². The van der Waals surface area contributed by atoms with E-state index in [1.54, 1.807) is 0 Å². The molecule has 0 fully saturated rings. The quantitative estimate of drug-likeness (QED) is 0.244. The Morgan fingerprint density at radius 3 is 2.19 bits per heavy atom. The average molecular weight is 492 g/mol. The van der Waals surface area contributed by atoms with Gasteiger partial charge in [0.1, 0.15) is 11.2 Å². The highest BCUT2D eigenvalue weighted by Crippen LogP contribution is 2.44. The van der Waals surface area contributed by atoms with Crippen LogP contribution in [-0.2, 0) is 0 Å². The Morgan fingerprint density at radius 2 is 1.27 bits per heavy atom. The summed E-state index contributed by atoms with van der Waals surface area (Å²) in [5, 5.41) is 7.45. The topological polar surface area (TPSA) is 16.4 Å². The summed E-state index contributed by atoms with van der Waals surface area (Å²) in [7, 11) is 0. The Kier molecular flexibility index (Phi) is 4.42. The standard InChI is InChI=1S/C34H21NOS/c1-2-9-23(10-3-1)35(28-13-8-15-30-34(28)26-11-4-6-14-29(26)36-30)24-18-19-25-22(21-24)17-20-32-33(25)27-12-5-7-16-31(27)37-32/h1-21H. The Labute approximate surface area is 217 Å². The number of hydrogen-bond acceptors (Lipinski definition) is 3. The maximum atomic E-state index is 6.24. The van der Waals surface area contributed by atoms with E-state index >= 15 is 0 Å². The van der Waals surface area contributed by atoms with Gasteiger partial charge in [-0.15, -0.1) is 11.3 Å². The minimum absolute atomic E-state index is 0.895. The number of fused-ring (bicyclic) bond motifs is 8. The molecule has 0 saturated carbocycles. The molecule has 0 amide bonds. The van der Waals surface area contributed by atoms with Crippen molar-refractivity contribution in [2.24, 2.45) is 0 Å². The molecule has 2 heterocycles. The van der Waals surface area contributed by atoms with Gasteiger partial charge in [0.2, 0.25) is 0 Å². The van der Waals surface area contributed by atoms with E-state index in [2.05, 4.69) is 120 Å².